The highest BCUT2D eigenvalue weighted by molar-refractivity contribution is 6.04. The Balaban J connectivity index is 1.22. The van der Waals surface area contributed by atoms with Crippen molar-refractivity contribution in [3.8, 4) is 11.5 Å². The van der Waals surface area contributed by atoms with Crippen LogP contribution in [-0.4, -0.2) is 29.0 Å². The highest BCUT2D eigenvalue weighted by Crippen LogP contribution is 2.24. The minimum Gasteiger partial charge on any atom is -0.457 e. The molecule has 2 N–H and O–H groups in total. The van der Waals surface area contributed by atoms with E-state index in [1.54, 1.807) is 24.3 Å². The van der Waals surface area contributed by atoms with Crippen molar-refractivity contribution < 1.29 is 13.9 Å². The molecule has 1 aliphatic heterocycles. The number of aromatic nitrogens is 2. The Hall–Kier alpha value is -4.46. The summed E-state index contributed by atoms with van der Waals surface area (Å²) in [5.41, 5.74) is 2.83. The van der Waals surface area contributed by atoms with Crippen molar-refractivity contribution in [2.45, 2.75) is 26.2 Å². The van der Waals surface area contributed by atoms with Gasteiger partial charge in [0.2, 0.25) is 5.95 Å². The molecule has 5 rings (SSSR count). The smallest absolute Gasteiger partial charge is 0.255 e. The van der Waals surface area contributed by atoms with E-state index in [-0.39, 0.29) is 11.7 Å². The van der Waals surface area contributed by atoms with E-state index in [2.05, 4.69) is 20.5 Å². The minimum absolute atomic E-state index is 0.265. The number of nitrogens with one attached hydrogen (secondary N) is 2. The Morgan fingerprint density at radius 3 is 2.35 bits per heavy atom. The highest BCUT2D eigenvalue weighted by Gasteiger charge is 2.14. The number of ether oxygens (including phenoxy) is 1. The summed E-state index contributed by atoms with van der Waals surface area (Å²) in [5, 5.41) is 6.17. The SMILES string of the molecule is Cc1cc(N2CCCCC2)nc(Nc2ccc(NC(=O)c3cccc(Oc4ccc(F)cc4)c3)cc2)n1. The summed E-state index contributed by atoms with van der Waals surface area (Å²) >= 11 is 0. The molecule has 1 fully saturated rings. The van der Waals surface area contributed by atoms with E-state index in [4.69, 9.17) is 9.72 Å². The van der Waals surface area contributed by atoms with Crippen molar-refractivity contribution in [2.75, 3.05) is 28.6 Å². The van der Waals surface area contributed by atoms with Gasteiger partial charge in [-0.05, 0) is 92.9 Å². The standard InChI is InChI=1S/C29H28FN5O2/c1-20-18-27(35-16-3-2-4-17-35)34-29(31-20)33-24-12-10-23(11-13-24)32-28(36)21-6-5-7-26(19-21)37-25-14-8-22(30)9-15-25/h5-15,18-19H,2-4,16-17H2,1H3,(H,32,36)(H,31,33,34). The van der Waals surface area contributed by atoms with E-state index < -0.39 is 0 Å². The van der Waals surface area contributed by atoms with Crippen molar-refractivity contribution in [3.63, 3.8) is 0 Å². The third-order valence-corrected chi connectivity index (χ3v) is 6.07. The zero-order valence-electron chi connectivity index (χ0n) is 20.6. The van der Waals surface area contributed by atoms with Crippen molar-refractivity contribution >= 4 is 29.0 Å². The van der Waals surface area contributed by atoms with Crippen LogP contribution in [0.3, 0.4) is 0 Å². The molecular weight excluding hydrogens is 469 g/mol. The summed E-state index contributed by atoms with van der Waals surface area (Å²) in [7, 11) is 0. The maximum absolute atomic E-state index is 13.1. The maximum atomic E-state index is 13.1. The Kier molecular flexibility index (Phi) is 7.26. The van der Waals surface area contributed by atoms with Crippen molar-refractivity contribution in [1.29, 1.82) is 0 Å². The number of hydrogen-bond donors (Lipinski definition) is 2. The molecule has 37 heavy (non-hydrogen) atoms. The summed E-state index contributed by atoms with van der Waals surface area (Å²) in [6.07, 6.45) is 3.64. The molecule has 188 valence electrons. The predicted molar refractivity (Wildman–Crippen MR) is 143 cm³/mol. The molecule has 0 aliphatic carbocycles. The van der Waals surface area contributed by atoms with E-state index in [1.165, 1.54) is 43.5 Å². The number of nitrogens with zero attached hydrogens (tertiary/aromatic N) is 3. The van der Waals surface area contributed by atoms with Gasteiger partial charge in [0.05, 0.1) is 0 Å². The van der Waals surface area contributed by atoms with Gasteiger partial charge in [-0.3, -0.25) is 4.79 Å². The van der Waals surface area contributed by atoms with Gasteiger partial charge in [-0.25, -0.2) is 9.37 Å². The molecule has 4 aromatic rings. The van der Waals surface area contributed by atoms with Crippen LogP contribution in [0.2, 0.25) is 0 Å². The number of carbonyl (C=O) groups excluding carboxylic acids is 1. The van der Waals surface area contributed by atoms with Gasteiger partial charge >= 0.3 is 0 Å². The largest absolute Gasteiger partial charge is 0.457 e. The molecule has 0 unspecified atom stereocenters. The third kappa shape index (κ3) is 6.41. The fourth-order valence-corrected chi connectivity index (χ4v) is 4.20. The predicted octanol–water partition coefficient (Wildman–Crippen LogP) is 6.70. The zero-order valence-corrected chi connectivity index (χ0v) is 20.6. The number of rotatable bonds is 7. The highest BCUT2D eigenvalue weighted by atomic mass is 19.1. The van der Waals surface area contributed by atoms with Crippen LogP contribution in [-0.2, 0) is 0 Å². The van der Waals surface area contributed by atoms with Crippen molar-refractivity contribution in [2.24, 2.45) is 0 Å². The van der Waals surface area contributed by atoms with E-state index in [9.17, 15) is 9.18 Å². The second kappa shape index (κ2) is 11.1. The van der Waals surface area contributed by atoms with Crippen molar-refractivity contribution in [3.05, 3.63) is 95.9 Å². The molecule has 1 amide bonds. The van der Waals surface area contributed by atoms with Crippen LogP contribution in [0.15, 0.2) is 78.9 Å². The van der Waals surface area contributed by atoms with Gasteiger partial charge in [0.15, 0.2) is 0 Å². The van der Waals surface area contributed by atoms with Gasteiger partial charge in [-0.1, -0.05) is 6.07 Å². The number of benzene rings is 3. The van der Waals surface area contributed by atoms with Gasteiger partial charge in [0.25, 0.3) is 5.91 Å². The monoisotopic (exact) mass is 497 g/mol. The molecule has 0 bridgehead atoms. The third-order valence-electron chi connectivity index (χ3n) is 6.07. The molecule has 0 radical (unpaired) electrons. The van der Waals surface area contributed by atoms with Crippen LogP contribution in [0, 0.1) is 12.7 Å². The van der Waals surface area contributed by atoms with Gasteiger partial charge in [0.1, 0.15) is 23.1 Å². The number of halogens is 1. The van der Waals surface area contributed by atoms with Gasteiger partial charge in [-0.15, -0.1) is 0 Å². The van der Waals surface area contributed by atoms with Crippen LogP contribution < -0.4 is 20.3 Å². The molecule has 3 aromatic carbocycles. The second-order valence-electron chi connectivity index (χ2n) is 8.98. The number of anilines is 4. The van der Waals surface area contributed by atoms with E-state index in [0.29, 0.717) is 28.7 Å². The Bertz CT molecular complexity index is 1370. The van der Waals surface area contributed by atoms with Gasteiger partial charge in [0, 0.05) is 41.8 Å². The molecule has 8 heteroatoms. The molecule has 0 atom stereocenters. The molecule has 0 spiro atoms. The number of amides is 1. The molecule has 0 saturated carbocycles. The molecule has 7 nitrogen and oxygen atoms in total. The quantitative estimate of drug-likeness (QED) is 0.296. The lowest BCUT2D eigenvalue weighted by molar-refractivity contribution is 0.102. The Morgan fingerprint density at radius 2 is 1.59 bits per heavy atom. The van der Waals surface area contributed by atoms with E-state index in [1.807, 2.05) is 37.3 Å². The first-order valence-electron chi connectivity index (χ1n) is 12.3. The first-order valence-corrected chi connectivity index (χ1v) is 12.3. The lowest BCUT2D eigenvalue weighted by Gasteiger charge is -2.28. The van der Waals surface area contributed by atoms with Crippen molar-refractivity contribution in [1.82, 2.24) is 9.97 Å². The first-order chi connectivity index (χ1) is 18.0. The van der Waals surface area contributed by atoms with Gasteiger partial charge in [-0.2, -0.15) is 4.98 Å². The molecule has 2 heterocycles. The fourth-order valence-electron chi connectivity index (χ4n) is 4.20. The average molecular weight is 498 g/mol. The minimum atomic E-state index is -0.338. The average Bonchev–Trinajstić information content (AvgIpc) is 2.91. The van der Waals surface area contributed by atoms with Crippen LogP contribution in [0.4, 0.5) is 27.5 Å². The number of piperidine rings is 1. The Morgan fingerprint density at radius 1 is 0.865 bits per heavy atom. The molecule has 1 aromatic heterocycles. The summed E-state index contributed by atoms with van der Waals surface area (Å²) in [5.74, 6) is 1.87. The first kappa shape index (κ1) is 24.2. The van der Waals surface area contributed by atoms with Crippen LogP contribution in [0.1, 0.15) is 35.3 Å². The molecule has 1 saturated heterocycles. The van der Waals surface area contributed by atoms with E-state index >= 15 is 0 Å². The maximum Gasteiger partial charge on any atom is 0.255 e. The van der Waals surface area contributed by atoms with Crippen LogP contribution >= 0.6 is 0 Å². The number of carbonyl (C=O) groups is 1. The molecular formula is C29H28FN5O2. The Labute approximate surface area is 215 Å². The zero-order chi connectivity index (χ0) is 25.6. The molecule has 1 aliphatic rings. The summed E-state index contributed by atoms with van der Waals surface area (Å²) < 4.78 is 18.9. The summed E-state index contributed by atoms with van der Waals surface area (Å²) in [6.45, 7) is 4.01. The number of hydrogen-bond acceptors (Lipinski definition) is 6. The summed E-state index contributed by atoms with van der Waals surface area (Å²) in [6, 6.07) is 21.9. The normalized spacial score (nSPS) is 13.2. The summed E-state index contributed by atoms with van der Waals surface area (Å²) in [4.78, 5) is 24.4. The van der Waals surface area contributed by atoms with E-state index in [0.717, 1.165) is 30.3 Å². The fraction of sp³-hybridized carbons (Fsp3) is 0.207. The van der Waals surface area contributed by atoms with Crippen LogP contribution in [0.5, 0.6) is 11.5 Å². The topological polar surface area (TPSA) is 79.4 Å². The van der Waals surface area contributed by atoms with Crippen LogP contribution in [0.25, 0.3) is 0 Å². The lowest BCUT2D eigenvalue weighted by atomic mass is 10.1. The lowest BCUT2D eigenvalue weighted by Crippen LogP contribution is -2.30. The number of aryl methyl sites for hydroxylation is 1. The van der Waals surface area contributed by atoms with Gasteiger partial charge < -0.3 is 20.3 Å². The second-order valence-corrected chi connectivity index (χ2v) is 8.98.